The van der Waals surface area contributed by atoms with Crippen LogP contribution in [0.15, 0.2) is 0 Å². The summed E-state index contributed by atoms with van der Waals surface area (Å²) in [6, 6.07) is 1.47. The number of hydrogen-bond acceptors (Lipinski definition) is 2. The first kappa shape index (κ1) is 14.0. The van der Waals surface area contributed by atoms with E-state index in [1.807, 2.05) is 0 Å². The molecule has 0 bridgehead atoms. The highest BCUT2D eigenvalue weighted by Gasteiger charge is 2.24. The van der Waals surface area contributed by atoms with Crippen molar-refractivity contribution in [2.24, 2.45) is 5.92 Å². The minimum Gasteiger partial charge on any atom is -0.313 e. The molecule has 1 aliphatic rings. The highest BCUT2D eigenvalue weighted by atomic mass is 15.2. The van der Waals surface area contributed by atoms with Crippen LogP contribution in [0.25, 0.3) is 0 Å². The van der Waals surface area contributed by atoms with Crippen LogP contribution in [-0.2, 0) is 0 Å². The van der Waals surface area contributed by atoms with Gasteiger partial charge in [-0.2, -0.15) is 0 Å². The topological polar surface area (TPSA) is 15.3 Å². The van der Waals surface area contributed by atoms with Crippen LogP contribution in [0.3, 0.4) is 0 Å². The number of rotatable bonds is 6. The predicted molar refractivity (Wildman–Crippen MR) is 71.8 cm³/mol. The lowest BCUT2D eigenvalue weighted by molar-refractivity contribution is 0.116. The predicted octanol–water partition coefficient (Wildman–Crippen LogP) is 2.89. The third-order valence-electron chi connectivity index (χ3n) is 3.91. The molecule has 3 unspecified atom stereocenters. The molecule has 0 radical (unpaired) electrons. The van der Waals surface area contributed by atoms with Crippen LogP contribution in [0.1, 0.15) is 53.4 Å². The molecular weight excluding hydrogens is 196 g/mol. The van der Waals surface area contributed by atoms with E-state index >= 15 is 0 Å². The molecule has 1 aliphatic heterocycles. The SMILES string of the molecule is CCCNC(CC)CN1CCC(C)CC1C. The van der Waals surface area contributed by atoms with Crippen molar-refractivity contribution in [3.05, 3.63) is 0 Å². The zero-order chi connectivity index (χ0) is 12.0. The Hall–Kier alpha value is -0.0800. The first-order valence-electron chi connectivity index (χ1n) is 7.14. The van der Waals surface area contributed by atoms with E-state index in [0.717, 1.165) is 18.5 Å². The van der Waals surface area contributed by atoms with Gasteiger partial charge in [-0.15, -0.1) is 0 Å². The van der Waals surface area contributed by atoms with Crippen molar-refractivity contribution in [3.63, 3.8) is 0 Å². The number of likely N-dealkylation sites (tertiary alicyclic amines) is 1. The average Bonchev–Trinajstić information content (AvgIpc) is 2.27. The molecule has 0 spiro atoms. The summed E-state index contributed by atoms with van der Waals surface area (Å²) in [4.78, 5) is 2.68. The molecule has 1 fully saturated rings. The summed E-state index contributed by atoms with van der Waals surface area (Å²) < 4.78 is 0. The molecule has 0 aromatic rings. The Morgan fingerprint density at radius 1 is 1.31 bits per heavy atom. The number of nitrogens with one attached hydrogen (secondary N) is 1. The summed E-state index contributed by atoms with van der Waals surface area (Å²) >= 11 is 0. The zero-order valence-corrected chi connectivity index (χ0v) is 11.6. The van der Waals surface area contributed by atoms with Gasteiger partial charge in [-0.1, -0.05) is 20.8 Å². The third kappa shape index (κ3) is 4.42. The monoisotopic (exact) mass is 226 g/mol. The summed E-state index contributed by atoms with van der Waals surface area (Å²) in [6.07, 6.45) is 5.25. The molecule has 1 N–H and O–H groups in total. The van der Waals surface area contributed by atoms with E-state index in [4.69, 9.17) is 0 Å². The largest absolute Gasteiger partial charge is 0.313 e. The highest BCUT2D eigenvalue weighted by Crippen LogP contribution is 2.22. The smallest absolute Gasteiger partial charge is 0.0192 e. The van der Waals surface area contributed by atoms with Gasteiger partial charge in [-0.05, 0) is 51.6 Å². The minimum atomic E-state index is 0.691. The summed E-state index contributed by atoms with van der Waals surface area (Å²) in [5.41, 5.74) is 0. The second kappa shape index (κ2) is 7.29. The van der Waals surface area contributed by atoms with Gasteiger partial charge in [-0.3, -0.25) is 4.90 Å². The maximum absolute atomic E-state index is 3.66. The molecule has 0 aromatic heterocycles. The molecule has 16 heavy (non-hydrogen) atoms. The average molecular weight is 226 g/mol. The molecule has 2 heteroatoms. The van der Waals surface area contributed by atoms with Crippen molar-refractivity contribution < 1.29 is 0 Å². The van der Waals surface area contributed by atoms with Crippen LogP contribution in [0.4, 0.5) is 0 Å². The second-order valence-electron chi connectivity index (χ2n) is 5.53. The van der Waals surface area contributed by atoms with Crippen molar-refractivity contribution in [2.75, 3.05) is 19.6 Å². The molecule has 3 atom stereocenters. The molecule has 1 rings (SSSR count). The first-order chi connectivity index (χ1) is 7.67. The van der Waals surface area contributed by atoms with Crippen molar-refractivity contribution in [1.29, 1.82) is 0 Å². The fourth-order valence-electron chi connectivity index (χ4n) is 2.70. The lowest BCUT2D eigenvalue weighted by atomic mass is 9.93. The molecule has 0 aromatic carbocycles. The molecule has 0 amide bonds. The van der Waals surface area contributed by atoms with Gasteiger partial charge in [0.25, 0.3) is 0 Å². The van der Waals surface area contributed by atoms with Crippen LogP contribution in [0.2, 0.25) is 0 Å². The molecule has 0 saturated carbocycles. The minimum absolute atomic E-state index is 0.691. The molecular formula is C14H30N2. The lowest BCUT2D eigenvalue weighted by Crippen LogP contribution is -2.47. The Morgan fingerprint density at radius 3 is 2.62 bits per heavy atom. The summed E-state index contributed by atoms with van der Waals surface area (Å²) in [5, 5.41) is 3.66. The van der Waals surface area contributed by atoms with Gasteiger partial charge in [0.2, 0.25) is 0 Å². The molecule has 2 nitrogen and oxygen atoms in total. The van der Waals surface area contributed by atoms with Crippen molar-refractivity contribution in [3.8, 4) is 0 Å². The van der Waals surface area contributed by atoms with Crippen LogP contribution in [0.5, 0.6) is 0 Å². The Balaban J connectivity index is 2.33. The normalized spacial score (nSPS) is 29.2. The van der Waals surface area contributed by atoms with E-state index in [1.165, 1.54) is 38.8 Å². The quantitative estimate of drug-likeness (QED) is 0.749. The highest BCUT2D eigenvalue weighted by molar-refractivity contribution is 4.80. The fraction of sp³-hybridized carbons (Fsp3) is 1.00. The van der Waals surface area contributed by atoms with Crippen molar-refractivity contribution >= 4 is 0 Å². The Labute approximate surface area is 102 Å². The number of nitrogens with zero attached hydrogens (tertiary/aromatic N) is 1. The van der Waals surface area contributed by atoms with E-state index in [1.54, 1.807) is 0 Å². The van der Waals surface area contributed by atoms with E-state index in [0.29, 0.717) is 6.04 Å². The van der Waals surface area contributed by atoms with Gasteiger partial charge < -0.3 is 5.32 Å². The van der Waals surface area contributed by atoms with Crippen LogP contribution >= 0.6 is 0 Å². The Bertz CT molecular complexity index is 182. The molecule has 96 valence electrons. The standard InChI is InChI=1S/C14H30N2/c1-5-8-15-14(6-2)11-16-9-7-12(3)10-13(16)4/h12-15H,5-11H2,1-4H3. The molecule has 1 heterocycles. The van der Waals surface area contributed by atoms with Crippen molar-refractivity contribution in [1.82, 2.24) is 10.2 Å². The number of hydrogen-bond donors (Lipinski definition) is 1. The maximum Gasteiger partial charge on any atom is 0.0192 e. The van der Waals surface area contributed by atoms with Gasteiger partial charge in [0.05, 0.1) is 0 Å². The van der Waals surface area contributed by atoms with Gasteiger partial charge in [0, 0.05) is 18.6 Å². The van der Waals surface area contributed by atoms with E-state index in [-0.39, 0.29) is 0 Å². The molecule has 1 saturated heterocycles. The lowest BCUT2D eigenvalue weighted by Gasteiger charge is -2.38. The van der Waals surface area contributed by atoms with Crippen LogP contribution < -0.4 is 5.32 Å². The Morgan fingerprint density at radius 2 is 2.06 bits per heavy atom. The summed E-state index contributed by atoms with van der Waals surface area (Å²) in [5.74, 6) is 0.926. The van der Waals surface area contributed by atoms with E-state index in [9.17, 15) is 0 Å². The van der Waals surface area contributed by atoms with Gasteiger partial charge in [0.15, 0.2) is 0 Å². The fourth-order valence-corrected chi connectivity index (χ4v) is 2.70. The van der Waals surface area contributed by atoms with E-state index < -0.39 is 0 Å². The van der Waals surface area contributed by atoms with Crippen LogP contribution in [-0.4, -0.2) is 36.6 Å². The van der Waals surface area contributed by atoms with E-state index in [2.05, 4.69) is 37.9 Å². The number of piperidine rings is 1. The summed E-state index contributed by atoms with van der Waals surface area (Å²) in [7, 11) is 0. The van der Waals surface area contributed by atoms with Gasteiger partial charge in [-0.25, -0.2) is 0 Å². The molecule has 0 aliphatic carbocycles. The zero-order valence-electron chi connectivity index (χ0n) is 11.6. The van der Waals surface area contributed by atoms with Gasteiger partial charge in [0.1, 0.15) is 0 Å². The first-order valence-corrected chi connectivity index (χ1v) is 7.14. The van der Waals surface area contributed by atoms with Crippen LogP contribution in [0, 0.1) is 5.92 Å². The summed E-state index contributed by atoms with van der Waals surface area (Å²) in [6.45, 7) is 13.0. The maximum atomic E-state index is 3.66. The van der Waals surface area contributed by atoms with Crippen molar-refractivity contribution in [2.45, 2.75) is 65.5 Å². The van der Waals surface area contributed by atoms with Gasteiger partial charge >= 0.3 is 0 Å². The third-order valence-corrected chi connectivity index (χ3v) is 3.91. The Kier molecular flexibility index (Phi) is 6.37. The second-order valence-corrected chi connectivity index (χ2v) is 5.53.